The van der Waals surface area contributed by atoms with Gasteiger partial charge in [0.05, 0.1) is 25.4 Å². The predicted molar refractivity (Wildman–Crippen MR) is 130 cm³/mol. The molecule has 1 saturated heterocycles. The van der Waals surface area contributed by atoms with Crippen LogP contribution in [0.25, 0.3) is 10.8 Å². The lowest BCUT2D eigenvalue weighted by molar-refractivity contribution is -0.239. The number of hydrogen-bond donors (Lipinski definition) is 4. The summed E-state index contributed by atoms with van der Waals surface area (Å²) in [6, 6.07) is 7.85. The molecule has 196 valence electrons. The molecule has 0 spiro atoms. The Bertz CT molecular complexity index is 1320. The second-order valence-corrected chi connectivity index (χ2v) is 9.91. The van der Waals surface area contributed by atoms with Gasteiger partial charge in [-0.15, -0.1) is 0 Å². The zero-order valence-electron chi connectivity index (χ0n) is 20.5. The maximum atomic E-state index is 13.9. The fourth-order valence-electron chi connectivity index (χ4n) is 5.54. The topological polar surface area (TPSA) is 166 Å². The van der Waals surface area contributed by atoms with E-state index >= 15 is 0 Å². The molecule has 1 aliphatic heterocycles. The van der Waals surface area contributed by atoms with Gasteiger partial charge in [0, 0.05) is 53.0 Å². The Kier molecular flexibility index (Phi) is 6.51. The van der Waals surface area contributed by atoms with Crippen LogP contribution in [0.1, 0.15) is 46.9 Å². The van der Waals surface area contributed by atoms with Gasteiger partial charge in [-0.05, 0) is 30.5 Å². The van der Waals surface area contributed by atoms with Gasteiger partial charge in [-0.2, -0.15) is 0 Å². The molecule has 1 heterocycles. The third-order valence-electron chi connectivity index (χ3n) is 7.58. The fraction of sp³-hybridized carbons (Fsp3) is 0.444. The highest BCUT2D eigenvalue weighted by molar-refractivity contribution is 6.29. The molecule has 5 rings (SSSR count). The monoisotopic (exact) mass is 511 g/mol. The smallest absolute Gasteiger partial charge is 0.192 e. The maximum absolute atomic E-state index is 13.9. The normalized spacial score (nSPS) is 31.8. The minimum Gasteiger partial charge on any atom is -0.496 e. The molecule has 6 atom stereocenters. The van der Waals surface area contributed by atoms with Crippen molar-refractivity contribution in [2.75, 3.05) is 13.7 Å². The van der Waals surface area contributed by atoms with E-state index in [0.29, 0.717) is 16.5 Å². The summed E-state index contributed by atoms with van der Waals surface area (Å²) in [5.41, 5.74) is 4.22. The molecular formula is C27H29NO9. The number of nitrogens with two attached hydrogens (primary N) is 1. The molecule has 10 nitrogen and oxygen atoms in total. The lowest BCUT2D eigenvalue weighted by Gasteiger charge is -2.42. The van der Waals surface area contributed by atoms with E-state index in [0.717, 1.165) is 0 Å². The van der Waals surface area contributed by atoms with Crippen LogP contribution < -0.4 is 10.5 Å². The average molecular weight is 512 g/mol. The number of aliphatic hydroxyl groups excluding tert-OH is 2. The Labute approximate surface area is 212 Å². The zero-order chi connectivity index (χ0) is 26.6. The number of carbonyl (C=O) groups excluding carboxylic acids is 3. The first-order valence-corrected chi connectivity index (χ1v) is 12.1. The number of carbonyl (C=O) groups is 3. The van der Waals surface area contributed by atoms with E-state index in [-0.39, 0.29) is 35.1 Å². The number of Topliss-reactive ketones (excluding diaryl/α,β-unsaturated/α-hetero) is 3. The quantitative estimate of drug-likeness (QED) is 0.451. The summed E-state index contributed by atoms with van der Waals surface area (Å²) >= 11 is 0. The molecule has 3 aliphatic rings. The predicted octanol–water partition coefficient (Wildman–Crippen LogP) is 0.819. The molecule has 1 fully saturated rings. The first kappa shape index (κ1) is 25.7. The van der Waals surface area contributed by atoms with Gasteiger partial charge in [-0.3, -0.25) is 14.4 Å². The molecule has 0 amide bonds. The maximum Gasteiger partial charge on any atom is 0.192 e. The highest BCUT2D eigenvalue weighted by Crippen LogP contribution is 2.43. The molecule has 0 unspecified atom stereocenters. The van der Waals surface area contributed by atoms with Crippen LogP contribution in [0, 0.1) is 0 Å². The molecule has 0 radical (unpaired) electrons. The molecule has 0 aromatic heterocycles. The van der Waals surface area contributed by atoms with Crippen molar-refractivity contribution in [1.82, 2.24) is 0 Å². The van der Waals surface area contributed by atoms with E-state index in [4.69, 9.17) is 19.9 Å². The van der Waals surface area contributed by atoms with Crippen LogP contribution in [0.15, 0.2) is 41.5 Å². The Hall–Kier alpha value is -2.99. The summed E-state index contributed by atoms with van der Waals surface area (Å²) in [5, 5.41) is 32.2. The lowest BCUT2D eigenvalue weighted by atomic mass is 9.69. The summed E-state index contributed by atoms with van der Waals surface area (Å²) in [7, 11) is 1.51. The fourth-order valence-corrected chi connectivity index (χ4v) is 5.54. The second-order valence-electron chi connectivity index (χ2n) is 9.91. The third-order valence-corrected chi connectivity index (χ3v) is 7.58. The Morgan fingerprint density at radius 3 is 2.62 bits per heavy atom. The van der Waals surface area contributed by atoms with Crippen LogP contribution in [0.5, 0.6) is 5.75 Å². The van der Waals surface area contributed by atoms with Gasteiger partial charge in [0.25, 0.3) is 0 Å². The summed E-state index contributed by atoms with van der Waals surface area (Å²) in [5.74, 6) is -1.31. The van der Waals surface area contributed by atoms with Gasteiger partial charge in [-0.1, -0.05) is 12.1 Å². The molecule has 0 saturated carbocycles. The van der Waals surface area contributed by atoms with Crippen molar-refractivity contribution in [3.05, 3.63) is 52.6 Å². The van der Waals surface area contributed by atoms with E-state index in [9.17, 15) is 29.7 Å². The number of fused-ring (bicyclic) bond motifs is 2. The van der Waals surface area contributed by atoms with E-state index in [2.05, 4.69) is 0 Å². The van der Waals surface area contributed by atoms with Gasteiger partial charge < -0.3 is 35.3 Å². The van der Waals surface area contributed by atoms with Crippen LogP contribution in [-0.4, -0.2) is 82.6 Å². The molecule has 2 aromatic carbocycles. The van der Waals surface area contributed by atoms with Crippen molar-refractivity contribution in [2.45, 2.75) is 62.4 Å². The van der Waals surface area contributed by atoms with Crippen molar-refractivity contribution >= 4 is 28.1 Å². The zero-order valence-corrected chi connectivity index (χ0v) is 20.5. The summed E-state index contributed by atoms with van der Waals surface area (Å²) in [6.07, 6.45) is -4.42. The Morgan fingerprint density at radius 2 is 1.95 bits per heavy atom. The van der Waals surface area contributed by atoms with Gasteiger partial charge in [0.15, 0.2) is 23.6 Å². The van der Waals surface area contributed by atoms with Gasteiger partial charge in [0.2, 0.25) is 0 Å². The largest absolute Gasteiger partial charge is 0.496 e. The molecular weight excluding hydrogens is 482 g/mol. The van der Waals surface area contributed by atoms with E-state index in [1.54, 1.807) is 37.3 Å². The van der Waals surface area contributed by atoms with Crippen molar-refractivity contribution in [1.29, 1.82) is 0 Å². The molecule has 2 aliphatic carbocycles. The summed E-state index contributed by atoms with van der Waals surface area (Å²) < 4.78 is 17.2. The van der Waals surface area contributed by atoms with E-state index in [1.165, 1.54) is 7.11 Å². The highest BCUT2D eigenvalue weighted by atomic mass is 16.7. The average Bonchev–Trinajstić information content (AvgIpc) is 2.88. The standard InChI is InChI=1S/C27H29NO9/c1-12-24(31)18(28)8-22(36-12)37-20-10-27(34,21(30)11-29)9-17-23(20)26(33)16-7-14-13(6-15(16)25(17)32)4-3-5-19(14)35-2/h3-7,12,18,20,22,24,29,31,34H,8-11,28H2,1-2H3/t12-,18-,20+,22-,24+,27+/m1/s1. The molecule has 0 bridgehead atoms. The van der Waals surface area contributed by atoms with Crippen LogP contribution in [0.2, 0.25) is 0 Å². The summed E-state index contributed by atoms with van der Waals surface area (Å²) in [6.45, 7) is 0.685. The number of aliphatic hydroxyl groups is 3. The molecule has 5 N–H and O–H groups in total. The van der Waals surface area contributed by atoms with Crippen molar-refractivity contribution in [3.8, 4) is 5.75 Å². The third kappa shape index (κ3) is 4.19. The summed E-state index contributed by atoms with van der Waals surface area (Å²) in [4.78, 5) is 40.1. The van der Waals surface area contributed by atoms with Crippen molar-refractivity contribution < 1.29 is 43.9 Å². The highest BCUT2D eigenvalue weighted by Gasteiger charge is 2.51. The first-order valence-electron chi connectivity index (χ1n) is 12.1. The second kappa shape index (κ2) is 9.39. The van der Waals surface area contributed by atoms with E-state index in [1.807, 2.05) is 0 Å². The van der Waals surface area contributed by atoms with Crippen molar-refractivity contribution in [2.24, 2.45) is 5.73 Å². The van der Waals surface area contributed by atoms with Crippen LogP contribution >= 0.6 is 0 Å². The number of rotatable bonds is 5. The molecule has 2 aromatic rings. The van der Waals surface area contributed by atoms with Gasteiger partial charge in [-0.25, -0.2) is 0 Å². The number of ketones is 3. The number of hydrogen-bond acceptors (Lipinski definition) is 10. The molecule has 37 heavy (non-hydrogen) atoms. The Morgan fingerprint density at radius 1 is 1.22 bits per heavy atom. The van der Waals surface area contributed by atoms with Gasteiger partial charge >= 0.3 is 0 Å². The minimum absolute atomic E-state index is 0.0338. The van der Waals surface area contributed by atoms with Crippen LogP contribution in [0.3, 0.4) is 0 Å². The van der Waals surface area contributed by atoms with Crippen LogP contribution in [0.4, 0.5) is 0 Å². The first-order chi connectivity index (χ1) is 17.6. The van der Waals surface area contributed by atoms with Crippen LogP contribution in [-0.2, 0) is 14.3 Å². The minimum atomic E-state index is -2.12. The Balaban J connectivity index is 1.60. The SMILES string of the molecule is COc1cccc2cc3c(cc12)C(=O)C1=C(C[C@@](O)(C(=O)CO)C[C@@H]1O[C@@H]1C[C@@H](N)[C@@H](O)[C@@H](C)O1)C3=O. The number of methoxy groups -OCH3 is 1. The van der Waals surface area contributed by atoms with Gasteiger partial charge in [0.1, 0.15) is 18.0 Å². The number of ether oxygens (including phenoxy) is 3. The lowest BCUT2D eigenvalue weighted by Crippen LogP contribution is -2.54. The van der Waals surface area contributed by atoms with E-state index < -0.39 is 66.6 Å². The number of benzene rings is 2. The molecule has 10 heteroatoms. The van der Waals surface area contributed by atoms with Crippen molar-refractivity contribution in [3.63, 3.8) is 0 Å².